The first-order valence-electron chi connectivity index (χ1n) is 7.48. The number of amides is 1. The lowest BCUT2D eigenvalue weighted by molar-refractivity contribution is -0.126. The number of benzene rings is 1. The van der Waals surface area contributed by atoms with Crippen LogP contribution in [0.15, 0.2) is 24.3 Å². The zero-order valence-corrected chi connectivity index (χ0v) is 12.3. The Balaban J connectivity index is 2.15. The fourth-order valence-corrected chi connectivity index (χ4v) is 2.81. The van der Waals surface area contributed by atoms with Gasteiger partial charge < -0.3 is 10.6 Å². The van der Waals surface area contributed by atoms with Gasteiger partial charge >= 0.3 is 0 Å². The molecule has 1 aromatic carbocycles. The SMILES string of the molecule is CCCN(C(=O)C1CCC(F)(F)CC1)c1ccccc1N. The summed E-state index contributed by atoms with van der Waals surface area (Å²) in [7, 11) is 0. The topological polar surface area (TPSA) is 46.3 Å². The fraction of sp³-hybridized carbons (Fsp3) is 0.562. The van der Waals surface area contributed by atoms with Gasteiger partial charge in [0.2, 0.25) is 11.8 Å². The van der Waals surface area contributed by atoms with E-state index in [2.05, 4.69) is 0 Å². The summed E-state index contributed by atoms with van der Waals surface area (Å²) in [5.41, 5.74) is 7.17. The molecule has 0 saturated heterocycles. The smallest absolute Gasteiger partial charge is 0.248 e. The van der Waals surface area contributed by atoms with Crippen molar-refractivity contribution < 1.29 is 13.6 Å². The minimum Gasteiger partial charge on any atom is -0.397 e. The van der Waals surface area contributed by atoms with Crippen molar-refractivity contribution in [1.82, 2.24) is 0 Å². The number of carbonyl (C=O) groups is 1. The van der Waals surface area contributed by atoms with E-state index >= 15 is 0 Å². The Morgan fingerprint density at radius 2 is 1.95 bits per heavy atom. The summed E-state index contributed by atoms with van der Waals surface area (Å²) in [6, 6.07) is 7.20. The Kier molecular flexibility index (Phi) is 4.80. The van der Waals surface area contributed by atoms with E-state index in [0.29, 0.717) is 17.9 Å². The molecule has 1 aromatic rings. The molecule has 3 nitrogen and oxygen atoms in total. The molecule has 1 fully saturated rings. The van der Waals surface area contributed by atoms with Gasteiger partial charge in [-0.05, 0) is 31.4 Å². The molecule has 1 aliphatic carbocycles. The standard InChI is InChI=1S/C16H22F2N2O/c1-2-11-20(14-6-4-3-5-13(14)19)15(21)12-7-9-16(17,18)10-8-12/h3-6,12H,2,7-11,19H2,1H3. The Morgan fingerprint density at radius 3 is 2.52 bits per heavy atom. The Morgan fingerprint density at radius 1 is 1.33 bits per heavy atom. The van der Waals surface area contributed by atoms with Gasteiger partial charge in [0.25, 0.3) is 0 Å². The van der Waals surface area contributed by atoms with Crippen molar-refractivity contribution in [2.24, 2.45) is 5.92 Å². The van der Waals surface area contributed by atoms with Crippen molar-refractivity contribution in [3.63, 3.8) is 0 Å². The summed E-state index contributed by atoms with van der Waals surface area (Å²) in [5.74, 6) is -3.01. The van der Waals surface area contributed by atoms with E-state index in [4.69, 9.17) is 5.73 Å². The number of anilines is 2. The van der Waals surface area contributed by atoms with Crippen LogP contribution in [-0.2, 0) is 4.79 Å². The van der Waals surface area contributed by atoms with E-state index in [1.54, 1.807) is 17.0 Å². The summed E-state index contributed by atoms with van der Waals surface area (Å²) >= 11 is 0. The first kappa shape index (κ1) is 15.7. The van der Waals surface area contributed by atoms with Crippen LogP contribution in [0.3, 0.4) is 0 Å². The summed E-state index contributed by atoms with van der Waals surface area (Å²) < 4.78 is 26.5. The van der Waals surface area contributed by atoms with E-state index < -0.39 is 5.92 Å². The van der Waals surface area contributed by atoms with Gasteiger partial charge in [0.1, 0.15) is 0 Å². The van der Waals surface area contributed by atoms with Crippen LogP contribution < -0.4 is 10.6 Å². The van der Waals surface area contributed by atoms with Gasteiger partial charge in [0.05, 0.1) is 11.4 Å². The zero-order valence-electron chi connectivity index (χ0n) is 12.3. The molecule has 0 aliphatic heterocycles. The molecule has 0 bridgehead atoms. The summed E-state index contributed by atoms with van der Waals surface area (Å²) in [6.07, 6.45) is 0.891. The van der Waals surface area contributed by atoms with Gasteiger partial charge in [0.15, 0.2) is 0 Å². The van der Waals surface area contributed by atoms with Crippen LogP contribution in [0.4, 0.5) is 20.2 Å². The maximum atomic E-state index is 13.2. The maximum absolute atomic E-state index is 13.2. The third-order valence-electron chi connectivity index (χ3n) is 4.01. The molecule has 2 N–H and O–H groups in total. The first-order chi connectivity index (χ1) is 9.94. The molecule has 0 heterocycles. The number of rotatable bonds is 4. The van der Waals surface area contributed by atoms with Crippen LogP contribution in [0.25, 0.3) is 0 Å². The number of halogens is 2. The molecule has 21 heavy (non-hydrogen) atoms. The molecule has 1 saturated carbocycles. The van der Waals surface area contributed by atoms with Gasteiger partial charge in [-0.2, -0.15) is 0 Å². The second kappa shape index (κ2) is 6.41. The number of nitrogens with zero attached hydrogens (tertiary/aromatic N) is 1. The molecule has 2 rings (SSSR count). The van der Waals surface area contributed by atoms with Gasteiger partial charge in [-0.3, -0.25) is 4.79 Å². The molecule has 116 valence electrons. The Labute approximate surface area is 124 Å². The number of para-hydroxylation sites is 2. The zero-order chi connectivity index (χ0) is 15.5. The molecule has 0 radical (unpaired) electrons. The highest BCUT2D eigenvalue weighted by molar-refractivity contribution is 5.97. The molecule has 0 spiro atoms. The predicted molar refractivity (Wildman–Crippen MR) is 80.4 cm³/mol. The van der Waals surface area contributed by atoms with E-state index in [0.717, 1.165) is 6.42 Å². The number of hydrogen-bond donors (Lipinski definition) is 1. The van der Waals surface area contributed by atoms with Gasteiger partial charge in [-0.1, -0.05) is 19.1 Å². The highest BCUT2D eigenvalue weighted by Crippen LogP contribution is 2.37. The van der Waals surface area contributed by atoms with E-state index in [1.165, 1.54) is 0 Å². The third-order valence-corrected chi connectivity index (χ3v) is 4.01. The van der Waals surface area contributed by atoms with Crippen LogP contribution in [0.1, 0.15) is 39.0 Å². The van der Waals surface area contributed by atoms with Crippen molar-refractivity contribution >= 4 is 17.3 Å². The van der Waals surface area contributed by atoms with E-state index in [1.807, 2.05) is 19.1 Å². The van der Waals surface area contributed by atoms with Gasteiger partial charge in [-0.15, -0.1) is 0 Å². The fourth-order valence-electron chi connectivity index (χ4n) is 2.81. The largest absolute Gasteiger partial charge is 0.397 e. The highest BCUT2D eigenvalue weighted by Gasteiger charge is 2.38. The molecule has 1 amide bonds. The lowest BCUT2D eigenvalue weighted by Crippen LogP contribution is -2.40. The third kappa shape index (κ3) is 3.71. The number of nitrogens with two attached hydrogens (primary N) is 1. The quantitative estimate of drug-likeness (QED) is 0.858. The number of hydrogen-bond acceptors (Lipinski definition) is 2. The average molecular weight is 296 g/mol. The second-order valence-corrected chi connectivity index (χ2v) is 5.68. The molecule has 5 heteroatoms. The van der Waals surface area contributed by atoms with Crippen LogP contribution in [0.2, 0.25) is 0 Å². The van der Waals surface area contributed by atoms with Crippen molar-refractivity contribution in [3.05, 3.63) is 24.3 Å². The van der Waals surface area contributed by atoms with Gasteiger partial charge in [-0.25, -0.2) is 8.78 Å². The number of nitrogen functional groups attached to an aromatic ring is 1. The summed E-state index contributed by atoms with van der Waals surface area (Å²) in [6.45, 7) is 2.54. The van der Waals surface area contributed by atoms with Crippen molar-refractivity contribution in [3.8, 4) is 0 Å². The highest BCUT2D eigenvalue weighted by atomic mass is 19.3. The molecule has 0 aromatic heterocycles. The molecule has 1 aliphatic rings. The Bertz CT molecular complexity index is 495. The summed E-state index contributed by atoms with van der Waals surface area (Å²) in [4.78, 5) is 14.3. The van der Waals surface area contributed by atoms with Crippen LogP contribution in [0, 0.1) is 5.92 Å². The number of alkyl halides is 2. The normalized spacial score (nSPS) is 18.4. The summed E-state index contributed by atoms with van der Waals surface area (Å²) in [5, 5.41) is 0. The minimum atomic E-state index is -2.61. The van der Waals surface area contributed by atoms with Crippen molar-refractivity contribution in [2.75, 3.05) is 17.2 Å². The average Bonchev–Trinajstić information content (AvgIpc) is 2.45. The lowest BCUT2D eigenvalue weighted by atomic mass is 9.85. The van der Waals surface area contributed by atoms with Crippen LogP contribution in [0.5, 0.6) is 0 Å². The second-order valence-electron chi connectivity index (χ2n) is 5.68. The molecular formula is C16H22F2N2O. The van der Waals surface area contributed by atoms with Gasteiger partial charge in [0, 0.05) is 25.3 Å². The molecule has 0 atom stereocenters. The van der Waals surface area contributed by atoms with Crippen molar-refractivity contribution in [1.29, 1.82) is 0 Å². The monoisotopic (exact) mass is 296 g/mol. The Hall–Kier alpha value is -1.65. The maximum Gasteiger partial charge on any atom is 0.248 e. The minimum absolute atomic E-state index is 0.0785. The lowest BCUT2D eigenvalue weighted by Gasteiger charge is -2.32. The first-order valence-corrected chi connectivity index (χ1v) is 7.48. The predicted octanol–water partition coefficient (Wildman–Crippen LogP) is 3.84. The van der Waals surface area contributed by atoms with E-state index in [-0.39, 0.29) is 37.5 Å². The van der Waals surface area contributed by atoms with Crippen LogP contribution in [-0.4, -0.2) is 18.4 Å². The van der Waals surface area contributed by atoms with E-state index in [9.17, 15) is 13.6 Å². The number of carbonyl (C=O) groups excluding carboxylic acids is 1. The van der Waals surface area contributed by atoms with Crippen LogP contribution >= 0.6 is 0 Å². The molecule has 0 unspecified atom stereocenters. The van der Waals surface area contributed by atoms with Crippen molar-refractivity contribution in [2.45, 2.75) is 45.0 Å². The molecular weight excluding hydrogens is 274 g/mol.